The number of aromatic nitrogens is 2. The van der Waals surface area contributed by atoms with Gasteiger partial charge in [-0.3, -0.25) is 14.3 Å². The van der Waals surface area contributed by atoms with E-state index in [-0.39, 0.29) is 17.0 Å². The van der Waals surface area contributed by atoms with E-state index in [2.05, 4.69) is 0 Å². The summed E-state index contributed by atoms with van der Waals surface area (Å²) in [6.45, 7) is 7.80. The van der Waals surface area contributed by atoms with Crippen molar-refractivity contribution in [2.75, 3.05) is 6.61 Å². The summed E-state index contributed by atoms with van der Waals surface area (Å²) in [5.41, 5.74) is 4.19. The zero-order chi connectivity index (χ0) is 30.6. The first kappa shape index (κ1) is 28.9. The second-order valence-corrected chi connectivity index (χ2v) is 12.6. The highest BCUT2D eigenvalue weighted by Gasteiger charge is 2.33. The number of carboxylic acids is 1. The number of fused-ring (bicyclic) bond motifs is 1. The van der Waals surface area contributed by atoms with Crippen molar-refractivity contribution in [2.24, 2.45) is 0 Å². The predicted octanol–water partition coefficient (Wildman–Crippen LogP) is 7.45. The first-order valence-electron chi connectivity index (χ1n) is 13.9. The molecule has 0 saturated carbocycles. The molecule has 0 aliphatic carbocycles. The van der Waals surface area contributed by atoms with Crippen LogP contribution in [0.3, 0.4) is 0 Å². The zero-order valence-electron chi connectivity index (χ0n) is 24.1. The number of ether oxygens (including phenoxy) is 2. The lowest BCUT2D eigenvalue weighted by Gasteiger charge is -2.28. The number of thiazole rings is 1. The molecule has 2 aromatic heterocycles. The van der Waals surface area contributed by atoms with Crippen molar-refractivity contribution in [2.45, 2.75) is 58.8 Å². The molecule has 0 bridgehead atoms. The van der Waals surface area contributed by atoms with Gasteiger partial charge >= 0.3 is 10.8 Å². The van der Waals surface area contributed by atoms with Gasteiger partial charge in [-0.05, 0) is 74.7 Å². The highest BCUT2D eigenvalue weighted by molar-refractivity contribution is 7.17. The van der Waals surface area contributed by atoms with Crippen molar-refractivity contribution in [1.29, 1.82) is 0 Å². The molecule has 5 aromatic rings. The molecule has 3 heterocycles. The van der Waals surface area contributed by atoms with E-state index in [4.69, 9.17) is 14.5 Å². The Kier molecular flexibility index (Phi) is 7.30. The number of aliphatic carboxylic acids is 1. The maximum Gasteiger partial charge on any atom is 0.337 e. The second-order valence-electron chi connectivity index (χ2n) is 11.7. The van der Waals surface area contributed by atoms with Crippen molar-refractivity contribution >= 4 is 38.4 Å². The number of aryl methyl sites for hydroxylation is 1. The molecule has 3 aromatic carbocycles. The lowest BCUT2D eigenvalue weighted by atomic mass is 9.89. The minimum atomic E-state index is -2.63. The van der Waals surface area contributed by atoms with Crippen LogP contribution >= 0.6 is 11.3 Å². The monoisotopic (exact) mass is 604 g/mol. The van der Waals surface area contributed by atoms with Crippen LogP contribution in [0.5, 0.6) is 5.75 Å². The van der Waals surface area contributed by atoms with Crippen LogP contribution in [-0.2, 0) is 22.5 Å². The van der Waals surface area contributed by atoms with Crippen LogP contribution in [0.2, 0.25) is 0 Å². The Morgan fingerprint density at radius 1 is 1.19 bits per heavy atom. The third-order valence-corrected chi connectivity index (χ3v) is 8.56. The van der Waals surface area contributed by atoms with E-state index >= 15 is 0 Å². The SMILES string of the molecule is Cc1cc2c(sc(=O)n2Cc2cccc(C(F)F)c2)c(-c2ccc3c4c(ccnc24)CCO3)c1C(OC(C)(C)C)C(=O)O. The fourth-order valence-corrected chi connectivity index (χ4v) is 6.84. The molecule has 1 N–H and O–H groups in total. The topological polar surface area (TPSA) is 90.7 Å². The van der Waals surface area contributed by atoms with Crippen molar-refractivity contribution < 1.29 is 28.2 Å². The molecular weight excluding hydrogens is 574 g/mol. The van der Waals surface area contributed by atoms with Gasteiger partial charge in [0.15, 0.2) is 6.10 Å². The highest BCUT2D eigenvalue weighted by Crippen LogP contribution is 2.46. The average Bonchev–Trinajstić information content (AvgIpc) is 3.25. The molecule has 222 valence electrons. The van der Waals surface area contributed by atoms with Crippen molar-refractivity contribution in [3.8, 4) is 16.9 Å². The van der Waals surface area contributed by atoms with Crippen molar-refractivity contribution in [1.82, 2.24) is 9.55 Å². The lowest BCUT2D eigenvalue weighted by Crippen LogP contribution is -2.28. The molecule has 1 atom stereocenters. The number of alkyl halides is 2. The van der Waals surface area contributed by atoms with Crippen molar-refractivity contribution in [3.63, 3.8) is 0 Å². The second kappa shape index (κ2) is 10.8. The van der Waals surface area contributed by atoms with Gasteiger partial charge in [-0.2, -0.15) is 0 Å². The molecule has 0 saturated heterocycles. The first-order chi connectivity index (χ1) is 20.4. The van der Waals surface area contributed by atoms with E-state index in [9.17, 15) is 23.5 Å². The van der Waals surface area contributed by atoms with E-state index in [0.717, 1.165) is 22.3 Å². The Morgan fingerprint density at radius 3 is 2.70 bits per heavy atom. The fraction of sp³-hybridized carbons (Fsp3) is 0.303. The van der Waals surface area contributed by atoms with Crippen LogP contribution in [0.1, 0.15) is 61.1 Å². The summed E-state index contributed by atoms with van der Waals surface area (Å²) in [7, 11) is 0. The van der Waals surface area contributed by atoms with Crippen LogP contribution in [0, 0.1) is 6.92 Å². The summed E-state index contributed by atoms with van der Waals surface area (Å²) in [6, 6.07) is 13.5. The first-order valence-corrected chi connectivity index (χ1v) is 14.7. The Labute approximate surface area is 250 Å². The summed E-state index contributed by atoms with van der Waals surface area (Å²) in [5, 5.41) is 11.3. The predicted molar refractivity (Wildman–Crippen MR) is 162 cm³/mol. The van der Waals surface area contributed by atoms with Gasteiger partial charge in [0.05, 0.1) is 34.5 Å². The fourth-order valence-electron chi connectivity index (χ4n) is 5.80. The van der Waals surface area contributed by atoms with Crippen LogP contribution in [0.15, 0.2) is 59.5 Å². The van der Waals surface area contributed by atoms with Gasteiger partial charge < -0.3 is 14.6 Å². The normalized spacial score (nSPS) is 13.9. The van der Waals surface area contributed by atoms with Crippen molar-refractivity contribution in [3.05, 3.63) is 92.2 Å². The number of carbonyl (C=O) groups is 1. The van der Waals surface area contributed by atoms with Gasteiger partial charge in [-0.1, -0.05) is 29.5 Å². The Morgan fingerprint density at radius 2 is 1.98 bits per heavy atom. The number of nitrogens with zero attached hydrogens (tertiary/aromatic N) is 2. The van der Waals surface area contributed by atoms with E-state index in [1.807, 2.05) is 18.2 Å². The molecule has 0 fully saturated rings. The van der Waals surface area contributed by atoms with Crippen LogP contribution in [0.4, 0.5) is 8.78 Å². The summed E-state index contributed by atoms with van der Waals surface area (Å²) < 4.78 is 41.0. The number of pyridine rings is 1. The lowest BCUT2D eigenvalue weighted by molar-refractivity contribution is -0.160. The van der Waals surface area contributed by atoms with Gasteiger partial charge in [0.2, 0.25) is 0 Å². The van der Waals surface area contributed by atoms with Gasteiger partial charge in [0.1, 0.15) is 5.75 Å². The Balaban J connectivity index is 1.67. The molecule has 0 amide bonds. The molecule has 1 aliphatic rings. The Bertz CT molecular complexity index is 1950. The number of carboxylic acid groups (broad SMARTS) is 1. The molecule has 6 rings (SSSR count). The maximum atomic E-state index is 13.6. The van der Waals surface area contributed by atoms with Crippen LogP contribution in [-0.4, -0.2) is 32.8 Å². The van der Waals surface area contributed by atoms with Gasteiger partial charge in [-0.15, -0.1) is 0 Å². The van der Waals surface area contributed by atoms with Gasteiger partial charge in [-0.25, -0.2) is 13.6 Å². The summed E-state index contributed by atoms with van der Waals surface area (Å²) in [4.78, 5) is 30.8. The molecule has 10 heteroatoms. The zero-order valence-corrected chi connectivity index (χ0v) is 24.9. The largest absolute Gasteiger partial charge is 0.493 e. The number of hydrogen-bond donors (Lipinski definition) is 1. The molecule has 7 nitrogen and oxygen atoms in total. The van der Waals surface area contributed by atoms with Crippen LogP contribution < -0.4 is 9.61 Å². The Hall–Kier alpha value is -4.15. The summed E-state index contributed by atoms with van der Waals surface area (Å²) in [5.74, 6) is -0.461. The van der Waals surface area contributed by atoms with E-state index < -0.39 is 24.1 Å². The molecule has 1 aliphatic heterocycles. The number of benzene rings is 3. The minimum absolute atomic E-state index is 0.0778. The summed E-state index contributed by atoms with van der Waals surface area (Å²) >= 11 is 0.988. The van der Waals surface area contributed by atoms with Gasteiger partial charge in [0, 0.05) is 40.3 Å². The third-order valence-electron chi connectivity index (χ3n) is 7.55. The number of halogens is 2. The van der Waals surface area contributed by atoms with Gasteiger partial charge in [0.25, 0.3) is 6.43 Å². The quantitative estimate of drug-likeness (QED) is 0.208. The molecular formula is C33H30F2N2O5S. The van der Waals surface area contributed by atoms with E-state index in [0.29, 0.717) is 62.3 Å². The average molecular weight is 605 g/mol. The summed E-state index contributed by atoms with van der Waals surface area (Å²) in [6.07, 6.45) is -1.53. The highest BCUT2D eigenvalue weighted by atomic mass is 32.1. The number of hydrogen-bond acceptors (Lipinski definition) is 6. The van der Waals surface area contributed by atoms with E-state index in [1.54, 1.807) is 56.7 Å². The third kappa shape index (κ3) is 5.29. The minimum Gasteiger partial charge on any atom is -0.493 e. The number of rotatable bonds is 7. The van der Waals surface area contributed by atoms with E-state index in [1.165, 1.54) is 12.1 Å². The smallest absolute Gasteiger partial charge is 0.337 e. The molecule has 1 unspecified atom stereocenters. The standard InChI is InChI=1S/C33H30F2N2O5S/c1-17-14-22-29(43-32(40)37(22)16-18-6-5-7-20(15-18)30(34)35)26(24(17)28(31(38)39)42-33(2,3)4)21-8-9-23-25-19(11-13-41-23)10-12-36-27(21)25/h5-10,12,14-15,28,30H,11,13,16H2,1-4H3,(H,38,39). The molecule has 0 radical (unpaired) electrons. The van der Waals surface area contributed by atoms with Crippen LogP contribution in [0.25, 0.3) is 32.2 Å². The molecule has 43 heavy (non-hydrogen) atoms. The maximum absolute atomic E-state index is 13.6. The molecule has 0 spiro atoms.